The molecule has 140 valence electrons. The van der Waals surface area contributed by atoms with Crippen LogP contribution in [0.25, 0.3) is 0 Å². The van der Waals surface area contributed by atoms with E-state index in [2.05, 4.69) is 36.6 Å². The molecule has 26 heavy (non-hydrogen) atoms. The molecule has 2 N–H and O–H groups in total. The number of anilines is 2. The summed E-state index contributed by atoms with van der Waals surface area (Å²) < 4.78 is 15.9. The molecule has 0 fully saturated rings. The lowest BCUT2D eigenvalue weighted by Crippen LogP contribution is -2.21. The van der Waals surface area contributed by atoms with E-state index in [9.17, 15) is 4.79 Å². The number of hydrogen-bond acceptors (Lipinski definition) is 5. The van der Waals surface area contributed by atoms with E-state index in [0.717, 1.165) is 5.69 Å². The molecular weight excluding hydrogens is 332 g/mol. The lowest BCUT2D eigenvalue weighted by molar-refractivity contribution is -0.114. The van der Waals surface area contributed by atoms with E-state index in [1.165, 1.54) is 26.9 Å². The smallest absolute Gasteiger partial charge is 0.243 e. The first-order valence-corrected chi connectivity index (χ1v) is 8.42. The molecule has 6 heteroatoms. The molecular formula is C20H26N2O4. The Labute approximate surface area is 154 Å². The van der Waals surface area contributed by atoms with Crippen LogP contribution in [0.5, 0.6) is 17.2 Å². The number of carbonyl (C=O) groups is 1. The molecule has 0 saturated carbocycles. The van der Waals surface area contributed by atoms with Gasteiger partial charge in [0.15, 0.2) is 11.5 Å². The summed E-state index contributed by atoms with van der Waals surface area (Å²) in [5.74, 6) is 1.76. The Kier molecular flexibility index (Phi) is 6.72. The van der Waals surface area contributed by atoms with E-state index in [1.807, 2.05) is 12.1 Å². The lowest BCUT2D eigenvalue weighted by atomic mass is 10.0. The molecule has 2 aromatic rings. The maximum atomic E-state index is 12.2. The van der Waals surface area contributed by atoms with Gasteiger partial charge in [-0.3, -0.25) is 4.79 Å². The van der Waals surface area contributed by atoms with E-state index in [1.54, 1.807) is 12.1 Å². The van der Waals surface area contributed by atoms with E-state index < -0.39 is 0 Å². The second-order valence-electron chi connectivity index (χ2n) is 6.09. The average molecular weight is 358 g/mol. The fourth-order valence-corrected chi connectivity index (χ4v) is 2.53. The van der Waals surface area contributed by atoms with Gasteiger partial charge >= 0.3 is 0 Å². The summed E-state index contributed by atoms with van der Waals surface area (Å²) in [5.41, 5.74) is 2.73. The minimum atomic E-state index is -0.174. The largest absolute Gasteiger partial charge is 0.493 e. The highest BCUT2D eigenvalue weighted by atomic mass is 16.5. The zero-order valence-electron chi connectivity index (χ0n) is 15.9. The zero-order chi connectivity index (χ0) is 19.1. The van der Waals surface area contributed by atoms with Gasteiger partial charge in [0.1, 0.15) is 0 Å². The van der Waals surface area contributed by atoms with Gasteiger partial charge in [-0.2, -0.15) is 0 Å². The minimum Gasteiger partial charge on any atom is -0.493 e. The van der Waals surface area contributed by atoms with Crippen LogP contribution >= 0.6 is 0 Å². The maximum absolute atomic E-state index is 12.2. The normalized spacial score (nSPS) is 10.4. The Morgan fingerprint density at radius 1 is 0.923 bits per heavy atom. The number of carbonyl (C=O) groups excluding carboxylic acids is 1. The van der Waals surface area contributed by atoms with Crippen LogP contribution in [-0.4, -0.2) is 33.8 Å². The van der Waals surface area contributed by atoms with Crippen molar-refractivity contribution in [3.63, 3.8) is 0 Å². The van der Waals surface area contributed by atoms with Crippen LogP contribution in [0.1, 0.15) is 25.3 Å². The van der Waals surface area contributed by atoms with Crippen molar-refractivity contribution in [1.82, 2.24) is 0 Å². The topological polar surface area (TPSA) is 68.8 Å². The van der Waals surface area contributed by atoms with Crippen LogP contribution in [0.2, 0.25) is 0 Å². The Balaban J connectivity index is 2.01. The molecule has 0 aliphatic carbocycles. The Morgan fingerprint density at radius 3 is 1.96 bits per heavy atom. The minimum absolute atomic E-state index is 0.150. The molecule has 0 radical (unpaired) electrons. The first-order chi connectivity index (χ1) is 12.5. The summed E-state index contributed by atoms with van der Waals surface area (Å²) in [5, 5.41) is 5.94. The third-order valence-electron chi connectivity index (χ3n) is 3.98. The quantitative estimate of drug-likeness (QED) is 0.749. The van der Waals surface area contributed by atoms with Gasteiger partial charge in [0.25, 0.3) is 0 Å². The van der Waals surface area contributed by atoms with Crippen LogP contribution in [0.15, 0.2) is 36.4 Å². The molecule has 6 nitrogen and oxygen atoms in total. The van der Waals surface area contributed by atoms with E-state index in [-0.39, 0.29) is 12.5 Å². The molecule has 0 aliphatic rings. The van der Waals surface area contributed by atoms with Crippen molar-refractivity contribution < 1.29 is 19.0 Å². The Bertz CT molecular complexity index is 717. The molecule has 0 heterocycles. The molecule has 0 aliphatic heterocycles. The third kappa shape index (κ3) is 4.81. The summed E-state index contributed by atoms with van der Waals surface area (Å²) >= 11 is 0. The van der Waals surface area contributed by atoms with Crippen LogP contribution in [-0.2, 0) is 4.79 Å². The van der Waals surface area contributed by atoms with Crippen LogP contribution < -0.4 is 24.8 Å². The van der Waals surface area contributed by atoms with Gasteiger partial charge < -0.3 is 24.8 Å². The van der Waals surface area contributed by atoms with Crippen LogP contribution in [0.3, 0.4) is 0 Å². The second-order valence-corrected chi connectivity index (χ2v) is 6.09. The molecule has 0 saturated heterocycles. The van der Waals surface area contributed by atoms with E-state index in [0.29, 0.717) is 28.9 Å². The lowest BCUT2D eigenvalue weighted by Gasteiger charge is -2.15. The average Bonchev–Trinajstić information content (AvgIpc) is 2.65. The van der Waals surface area contributed by atoms with E-state index in [4.69, 9.17) is 14.2 Å². The fourth-order valence-electron chi connectivity index (χ4n) is 2.53. The Hall–Kier alpha value is -2.89. The molecule has 2 rings (SSSR count). The van der Waals surface area contributed by atoms with Gasteiger partial charge in [-0.15, -0.1) is 0 Å². The molecule has 0 atom stereocenters. The van der Waals surface area contributed by atoms with Crippen molar-refractivity contribution >= 4 is 17.3 Å². The van der Waals surface area contributed by atoms with Crippen molar-refractivity contribution in [2.45, 2.75) is 19.8 Å². The molecule has 1 amide bonds. The van der Waals surface area contributed by atoms with Crippen molar-refractivity contribution in [3.8, 4) is 17.2 Å². The monoisotopic (exact) mass is 358 g/mol. The highest BCUT2D eigenvalue weighted by Gasteiger charge is 2.14. The summed E-state index contributed by atoms with van der Waals surface area (Å²) in [6.45, 7) is 4.44. The molecule has 0 unspecified atom stereocenters. The highest BCUT2D eigenvalue weighted by molar-refractivity contribution is 5.94. The number of nitrogens with one attached hydrogen (secondary N) is 2. The first kappa shape index (κ1) is 19.4. The van der Waals surface area contributed by atoms with Crippen molar-refractivity contribution in [2.75, 3.05) is 38.5 Å². The standard InChI is InChI=1S/C20H26N2O4/c1-13(2)14-6-8-15(9-7-14)21-12-19(23)22-16-10-17(24-3)20(26-5)18(11-16)25-4/h6-11,13,21H,12H2,1-5H3,(H,22,23). The van der Waals surface area contributed by atoms with Gasteiger partial charge in [0.2, 0.25) is 11.7 Å². The van der Waals surface area contributed by atoms with Gasteiger partial charge in [-0.25, -0.2) is 0 Å². The highest BCUT2D eigenvalue weighted by Crippen LogP contribution is 2.39. The predicted octanol–water partition coefficient (Wildman–Crippen LogP) is 3.89. The predicted molar refractivity (Wildman–Crippen MR) is 104 cm³/mol. The maximum Gasteiger partial charge on any atom is 0.243 e. The van der Waals surface area contributed by atoms with Gasteiger partial charge in [0.05, 0.1) is 27.9 Å². The number of methoxy groups -OCH3 is 3. The number of ether oxygens (including phenoxy) is 3. The summed E-state index contributed by atoms with van der Waals surface area (Å²) in [6, 6.07) is 11.5. The number of rotatable bonds is 8. The summed E-state index contributed by atoms with van der Waals surface area (Å²) in [7, 11) is 4.60. The van der Waals surface area contributed by atoms with E-state index >= 15 is 0 Å². The van der Waals surface area contributed by atoms with Crippen LogP contribution in [0.4, 0.5) is 11.4 Å². The summed E-state index contributed by atoms with van der Waals surface area (Å²) in [6.07, 6.45) is 0. The molecule has 0 spiro atoms. The van der Waals surface area contributed by atoms with Crippen molar-refractivity contribution in [3.05, 3.63) is 42.0 Å². The number of benzene rings is 2. The number of hydrogen-bond donors (Lipinski definition) is 2. The SMILES string of the molecule is COc1cc(NC(=O)CNc2ccc(C(C)C)cc2)cc(OC)c1OC. The number of amides is 1. The molecule has 2 aromatic carbocycles. The van der Waals surface area contributed by atoms with Crippen molar-refractivity contribution in [2.24, 2.45) is 0 Å². The Morgan fingerprint density at radius 2 is 1.50 bits per heavy atom. The third-order valence-corrected chi connectivity index (χ3v) is 3.98. The van der Waals surface area contributed by atoms with Gasteiger partial charge in [0, 0.05) is 23.5 Å². The molecule has 0 aromatic heterocycles. The van der Waals surface area contributed by atoms with Crippen molar-refractivity contribution in [1.29, 1.82) is 0 Å². The first-order valence-electron chi connectivity index (χ1n) is 8.42. The fraction of sp³-hybridized carbons (Fsp3) is 0.350. The van der Waals surface area contributed by atoms with Gasteiger partial charge in [-0.05, 0) is 23.6 Å². The van der Waals surface area contributed by atoms with Crippen LogP contribution in [0, 0.1) is 0 Å². The summed E-state index contributed by atoms with van der Waals surface area (Å²) in [4.78, 5) is 12.2. The van der Waals surface area contributed by atoms with Gasteiger partial charge in [-0.1, -0.05) is 26.0 Å². The zero-order valence-corrected chi connectivity index (χ0v) is 15.9. The second kappa shape index (κ2) is 8.99. The molecule has 0 bridgehead atoms.